The van der Waals surface area contributed by atoms with Gasteiger partial charge in [-0.2, -0.15) is 0 Å². The Kier molecular flexibility index (Phi) is 2.61. The van der Waals surface area contributed by atoms with Crippen molar-refractivity contribution in [3.05, 3.63) is 46.2 Å². The van der Waals surface area contributed by atoms with E-state index in [2.05, 4.69) is 25.9 Å². The van der Waals surface area contributed by atoms with Crippen molar-refractivity contribution in [1.82, 2.24) is 9.97 Å². The van der Waals surface area contributed by atoms with Crippen LogP contribution >= 0.6 is 27.5 Å². The molecule has 0 aliphatic heterocycles. The molecule has 17 heavy (non-hydrogen) atoms. The Morgan fingerprint density at radius 2 is 2.06 bits per heavy atom. The highest BCUT2D eigenvalue weighted by atomic mass is 79.9. The lowest BCUT2D eigenvalue weighted by Gasteiger charge is -1.98. The first-order valence-corrected chi connectivity index (χ1v) is 6.08. The first-order chi connectivity index (χ1) is 8.24. The van der Waals surface area contributed by atoms with Crippen LogP contribution in [0.25, 0.3) is 22.6 Å². The first kappa shape index (κ1) is 10.7. The van der Waals surface area contributed by atoms with Crippen molar-refractivity contribution in [3.63, 3.8) is 0 Å². The van der Waals surface area contributed by atoms with Crippen molar-refractivity contribution in [2.75, 3.05) is 0 Å². The Labute approximate surface area is 111 Å². The predicted octanol–water partition coefficient (Wildman–Crippen LogP) is 4.31. The molecule has 2 aromatic heterocycles. The van der Waals surface area contributed by atoms with Gasteiger partial charge in [0.05, 0.1) is 5.56 Å². The predicted molar refractivity (Wildman–Crippen MR) is 70.0 cm³/mol. The van der Waals surface area contributed by atoms with Crippen molar-refractivity contribution in [1.29, 1.82) is 0 Å². The molecule has 3 aromatic rings. The summed E-state index contributed by atoms with van der Waals surface area (Å²) in [5.41, 5.74) is 2.22. The minimum Gasteiger partial charge on any atom is -0.436 e. The number of benzene rings is 1. The van der Waals surface area contributed by atoms with Gasteiger partial charge in [0, 0.05) is 10.7 Å². The average molecular weight is 310 g/mol. The average Bonchev–Trinajstić information content (AvgIpc) is 2.75. The minimum absolute atomic E-state index is 0.375. The lowest BCUT2D eigenvalue weighted by atomic mass is 10.3. The van der Waals surface area contributed by atoms with E-state index in [0.29, 0.717) is 16.6 Å². The highest BCUT2D eigenvalue weighted by Crippen LogP contribution is 2.30. The van der Waals surface area contributed by atoms with E-state index in [0.717, 1.165) is 15.6 Å². The standard InChI is InChI=1S/C12H6BrClN2O/c13-7-5-8(11(14)15-6-7)12-16-9-3-1-2-4-10(9)17-12/h1-6H. The van der Waals surface area contributed by atoms with Crippen LogP contribution in [0.4, 0.5) is 0 Å². The van der Waals surface area contributed by atoms with Gasteiger partial charge in [0.1, 0.15) is 10.7 Å². The van der Waals surface area contributed by atoms with Gasteiger partial charge < -0.3 is 4.42 Å². The maximum absolute atomic E-state index is 6.03. The number of pyridine rings is 1. The van der Waals surface area contributed by atoms with Gasteiger partial charge in [-0.05, 0) is 34.1 Å². The van der Waals surface area contributed by atoms with E-state index in [1.165, 1.54) is 0 Å². The van der Waals surface area contributed by atoms with E-state index in [1.807, 2.05) is 30.3 Å². The molecule has 0 aliphatic carbocycles. The minimum atomic E-state index is 0.375. The van der Waals surface area contributed by atoms with Crippen LogP contribution in [0.2, 0.25) is 5.15 Å². The largest absolute Gasteiger partial charge is 0.436 e. The normalized spacial score (nSPS) is 10.9. The van der Waals surface area contributed by atoms with Crippen LogP contribution in [0.3, 0.4) is 0 Å². The molecular weight excluding hydrogens is 304 g/mol. The Hall–Kier alpha value is -1.39. The topological polar surface area (TPSA) is 38.9 Å². The Morgan fingerprint density at radius 1 is 1.24 bits per heavy atom. The molecule has 3 nitrogen and oxygen atoms in total. The Balaban J connectivity index is 2.23. The number of oxazole rings is 1. The van der Waals surface area contributed by atoms with Crippen molar-refractivity contribution in [3.8, 4) is 11.5 Å². The fourth-order valence-electron chi connectivity index (χ4n) is 1.56. The number of halogens is 2. The van der Waals surface area contributed by atoms with Crippen molar-refractivity contribution in [2.24, 2.45) is 0 Å². The maximum atomic E-state index is 6.03. The van der Waals surface area contributed by atoms with Gasteiger partial charge in [0.2, 0.25) is 5.89 Å². The maximum Gasteiger partial charge on any atom is 0.230 e. The molecule has 0 saturated heterocycles. The summed E-state index contributed by atoms with van der Waals surface area (Å²) in [4.78, 5) is 8.42. The molecule has 0 spiro atoms. The number of fused-ring (bicyclic) bond motifs is 1. The number of hydrogen-bond acceptors (Lipinski definition) is 3. The molecule has 0 fully saturated rings. The van der Waals surface area contributed by atoms with E-state index >= 15 is 0 Å². The van der Waals surface area contributed by atoms with E-state index in [4.69, 9.17) is 16.0 Å². The van der Waals surface area contributed by atoms with Gasteiger partial charge >= 0.3 is 0 Å². The molecule has 0 saturated carbocycles. The quantitative estimate of drug-likeness (QED) is 0.629. The van der Waals surface area contributed by atoms with E-state index in [-0.39, 0.29) is 0 Å². The van der Waals surface area contributed by atoms with Crippen molar-refractivity contribution < 1.29 is 4.42 Å². The van der Waals surface area contributed by atoms with E-state index < -0.39 is 0 Å². The SMILES string of the molecule is Clc1ncc(Br)cc1-c1nc2ccccc2o1. The van der Waals surface area contributed by atoms with Crippen LogP contribution < -0.4 is 0 Å². The summed E-state index contributed by atoms with van der Waals surface area (Å²) in [5.74, 6) is 0.477. The van der Waals surface area contributed by atoms with Crippen LogP contribution in [-0.4, -0.2) is 9.97 Å². The van der Waals surface area contributed by atoms with Gasteiger partial charge in [-0.15, -0.1) is 0 Å². The molecule has 0 bridgehead atoms. The summed E-state index contributed by atoms with van der Waals surface area (Å²) in [7, 11) is 0. The highest BCUT2D eigenvalue weighted by Gasteiger charge is 2.12. The second-order valence-corrected chi connectivity index (χ2v) is 4.75. The molecule has 0 aliphatic rings. The van der Waals surface area contributed by atoms with Crippen LogP contribution in [0.15, 0.2) is 45.4 Å². The molecule has 84 valence electrons. The van der Waals surface area contributed by atoms with Gasteiger partial charge in [-0.3, -0.25) is 0 Å². The van der Waals surface area contributed by atoms with E-state index in [9.17, 15) is 0 Å². The second-order valence-electron chi connectivity index (χ2n) is 3.48. The molecule has 0 amide bonds. The molecule has 0 N–H and O–H groups in total. The molecular formula is C12H6BrClN2O. The molecule has 0 radical (unpaired) electrons. The van der Waals surface area contributed by atoms with Crippen molar-refractivity contribution in [2.45, 2.75) is 0 Å². The zero-order chi connectivity index (χ0) is 11.8. The van der Waals surface area contributed by atoms with Gasteiger partial charge in [0.25, 0.3) is 0 Å². The fourth-order valence-corrected chi connectivity index (χ4v) is 2.08. The number of rotatable bonds is 1. The third kappa shape index (κ3) is 1.94. The Morgan fingerprint density at radius 3 is 2.88 bits per heavy atom. The van der Waals surface area contributed by atoms with Gasteiger partial charge in [-0.25, -0.2) is 9.97 Å². The monoisotopic (exact) mass is 308 g/mol. The molecule has 3 rings (SSSR count). The molecule has 0 atom stereocenters. The number of hydrogen-bond donors (Lipinski definition) is 0. The molecule has 2 heterocycles. The summed E-state index contributed by atoms with van der Waals surface area (Å²) >= 11 is 9.37. The summed E-state index contributed by atoms with van der Waals surface area (Å²) in [6, 6.07) is 9.40. The summed E-state index contributed by atoms with van der Waals surface area (Å²) < 4.78 is 6.47. The zero-order valence-electron chi connectivity index (χ0n) is 8.52. The molecule has 5 heteroatoms. The second kappa shape index (κ2) is 4.13. The third-order valence-corrected chi connectivity index (χ3v) is 3.06. The summed E-state index contributed by atoms with van der Waals surface area (Å²) in [6.07, 6.45) is 1.63. The molecule has 1 aromatic carbocycles. The third-order valence-electron chi connectivity index (χ3n) is 2.33. The smallest absolute Gasteiger partial charge is 0.230 e. The zero-order valence-corrected chi connectivity index (χ0v) is 10.9. The lowest BCUT2D eigenvalue weighted by molar-refractivity contribution is 0.619. The summed E-state index contributed by atoms with van der Waals surface area (Å²) in [6.45, 7) is 0. The number of aromatic nitrogens is 2. The number of nitrogens with zero attached hydrogens (tertiary/aromatic N) is 2. The van der Waals surface area contributed by atoms with Crippen molar-refractivity contribution >= 4 is 38.6 Å². The van der Waals surface area contributed by atoms with Crippen LogP contribution in [0.5, 0.6) is 0 Å². The first-order valence-electron chi connectivity index (χ1n) is 4.91. The Bertz CT molecular complexity index is 663. The van der Waals surface area contributed by atoms with Gasteiger partial charge in [0.15, 0.2) is 5.58 Å². The van der Waals surface area contributed by atoms with Gasteiger partial charge in [-0.1, -0.05) is 23.7 Å². The number of para-hydroxylation sites is 2. The van der Waals surface area contributed by atoms with Crippen LogP contribution in [0, 0.1) is 0 Å². The van der Waals surface area contributed by atoms with E-state index in [1.54, 1.807) is 6.20 Å². The summed E-state index contributed by atoms with van der Waals surface area (Å²) in [5, 5.41) is 0.375. The van der Waals surface area contributed by atoms with Crippen LogP contribution in [0.1, 0.15) is 0 Å². The fraction of sp³-hybridized carbons (Fsp3) is 0. The van der Waals surface area contributed by atoms with Crippen LogP contribution in [-0.2, 0) is 0 Å². The molecule has 0 unspecified atom stereocenters. The lowest BCUT2D eigenvalue weighted by Crippen LogP contribution is -1.83. The highest BCUT2D eigenvalue weighted by molar-refractivity contribution is 9.10.